The molecule has 0 aliphatic heterocycles. The van der Waals surface area contributed by atoms with Gasteiger partial charge >= 0.3 is 10.1 Å². The Morgan fingerprint density at radius 3 is 2.14 bits per heavy atom. The predicted octanol–water partition coefficient (Wildman–Crippen LogP) is 5.06. The standard InChI is InChI=1S/C22H17NO4S/c24-18-12-14-19(15-13-18)28(25,26)27-21-11-5-7-16-6-4-10-20(22(16)21)23-17-8-2-1-3-9-17/h1-15,23-24H. The minimum Gasteiger partial charge on any atom is -0.508 e. The number of para-hydroxylation sites is 1. The van der Waals surface area contributed by atoms with Crippen molar-refractivity contribution < 1.29 is 17.7 Å². The van der Waals surface area contributed by atoms with Crippen molar-refractivity contribution in [3.8, 4) is 11.5 Å². The van der Waals surface area contributed by atoms with Crippen LogP contribution in [0.15, 0.2) is 95.9 Å². The van der Waals surface area contributed by atoms with E-state index in [1.807, 2.05) is 54.6 Å². The molecule has 0 bridgehead atoms. The highest BCUT2D eigenvalue weighted by molar-refractivity contribution is 7.87. The lowest BCUT2D eigenvalue weighted by atomic mass is 10.1. The van der Waals surface area contributed by atoms with E-state index in [1.54, 1.807) is 12.1 Å². The smallest absolute Gasteiger partial charge is 0.339 e. The second-order valence-corrected chi connectivity index (χ2v) is 7.73. The van der Waals surface area contributed by atoms with Crippen molar-refractivity contribution >= 4 is 32.3 Å². The number of aromatic hydroxyl groups is 1. The summed E-state index contributed by atoms with van der Waals surface area (Å²) < 4.78 is 30.9. The molecule has 0 aromatic heterocycles. The second-order valence-electron chi connectivity index (χ2n) is 6.18. The predicted molar refractivity (Wildman–Crippen MR) is 110 cm³/mol. The molecule has 0 atom stereocenters. The van der Waals surface area contributed by atoms with Gasteiger partial charge in [0.2, 0.25) is 0 Å². The van der Waals surface area contributed by atoms with E-state index in [0.717, 1.165) is 16.8 Å². The Morgan fingerprint density at radius 2 is 1.43 bits per heavy atom. The molecule has 0 aliphatic rings. The molecule has 0 aliphatic carbocycles. The molecule has 0 fully saturated rings. The third-order valence-electron chi connectivity index (χ3n) is 4.24. The number of phenols is 1. The van der Waals surface area contributed by atoms with Gasteiger partial charge in [0.05, 0.1) is 5.69 Å². The number of fused-ring (bicyclic) bond motifs is 1. The first-order chi connectivity index (χ1) is 13.5. The van der Waals surface area contributed by atoms with Crippen LogP contribution in [0.5, 0.6) is 11.5 Å². The van der Waals surface area contributed by atoms with Crippen molar-refractivity contribution in [3.63, 3.8) is 0 Å². The Hall–Kier alpha value is -3.51. The van der Waals surface area contributed by atoms with Crippen molar-refractivity contribution in [2.24, 2.45) is 0 Å². The lowest BCUT2D eigenvalue weighted by Gasteiger charge is -2.14. The number of hydrogen-bond donors (Lipinski definition) is 2. The maximum atomic E-state index is 12.7. The minimum absolute atomic E-state index is 0.0153. The molecule has 140 valence electrons. The van der Waals surface area contributed by atoms with Crippen LogP contribution >= 0.6 is 0 Å². The maximum Gasteiger partial charge on any atom is 0.339 e. The van der Waals surface area contributed by atoms with E-state index in [4.69, 9.17) is 4.18 Å². The van der Waals surface area contributed by atoms with Gasteiger partial charge in [-0.2, -0.15) is 8.42 Å². The summed E-state index contributed by atoms with van der Waals surface area (Å²) in [6, 6.07) is 25.8. The van der Waals surface area contributed by atoms with Gasteiger partial charge in [-0.05, 0) is 53.9 Å². The Labute approximate surface area is 163 Å². The first-order valence-corrected chi connectivity index (χ1v) is 10.0. The molecule has 0 heterocycles. The van der Waals surface area contributed by atoms with E-state index in [9.17, 15) is 13.5 Å². The van der Waals surface area contributed by atoms with Crippen LogP contribution in [0.2, 0.25) is 0 Å². The van der Waals surface area contributed by atoms with Gasteiger partial charge in [0, 0.05) is 11.1 Å². The van der Waals surface area contributed by atoms with Gasteiger partial charge in [0.1, 0.15) is 10.6 Å². The number of anilines is 2. The molecule has 6 heteroatoms. The highest BCUT2D eigenvalue weighted by Gasteiger charge is 2.19. The van der Waals surface area contributed by atoms with Crippen molar-refractivity contribution in [2.75, 3.05) is 5.32 Å². The van der Waals surface area contributed by atoms with Gasteiger partial charge in [-0.15, -0.1) is 0 Å². The third kappa shape index (κ3) is 3.63. The molecular formula is C22H17NO4S. The lowest BCUT2D eigenvalue weighted by molar-refractivity contribution is 0.473. The first kappa shape index (κ1) is 17.9. The largest absolute Gasteiger partial charge is 0.508 e. The number of phenolic OH excluding ortho intramolecular Hbond substituents is 1. The minimum atomic E-state index is -4.05. The molecule has 0 amide bonds. The van der Waals surface area contributed by atoms with Gasteiger partial charge in [-0.1, -0.05) is 42.5 Å². The summed E-state index contributed by atoms with van der Waals surface area (Å²) in [6.07, 6.45) is 0. The SMILES string of the molecule is O=S(=O)(Oc1cccc2cccc(Nc3ccccc3)c12)c1ccc(O)cc1. The van der Waals surface area contributed by atoms with Crippen LogP contribution in [0.4, 0.5) is 11.4 Å². The lowest BCUT2D eigenvalue weighted by Crippen LogP contribution is -2.10. The van der Waals surface area contributed by atoms with Gasteiger partial charge in [0.25, 0.3) is 0 Å². The summed E-state index contributed by atoms with van der Waals surface area (Å²) >= 11 is 0. The molecule has 4 aromatic carbocycles. The molecule has 2 N–H and O–H groups in total. The number of hydrogen-bond acceptors (Lipinski definition) is 5. The normalized spacial score (nSPS) is 11.3. The number of nitrogens with one attached hydrogen (secondary N) is 1. The van der Waals surface area contributed by atoms with Gasteiger partial charge in [-0.25, -0.2) is 0 Å². The molecular weight excluding hydrogens is 374 g/mol. The Morgan fingerprint density at radius 1 is 0.750 bits per heavy atom. The van der Waals surface area contributed by atoms with Crippen LogP contribution in [0.1, 0.15) is 0 Å². The summed E-state index contributed by atoms with van der Waals surface area (Å²) in [7, 11) is -4.05. The summed E-state index contributed by atoms with van der Waals surface area (Å²) in [6.45, 7) is 0. The van der Waals surface area contributed by atoms with E-state index < -0.39 is 10.1 Å². The average molecular weight is 391 g/mol. The fraction of sp³-hybridized carbons (Fsp3) is 0. The maximum absolute atomic E-state index is 12.7. The monoisotopic (exact) mass is 391 g/mol. The number of rotatable bonds is 5. The molecule has 0 radical (unpaired) electrons. The van der Waals surface area contributed by atoms with Crippen LogP contribution in [-0.4, -0.2) is 13.5 Å². The van der Waals surface area contributed by atoms with Gasteiger partial charge in [0.15, 0.2) is 5.75 Å². The van der Waals surface area contributed by atoms with E-state index >= 15 is 0 Å². The first-order valence-electron chi connectivity index (χ1n) is 8.60. The van der Waals surface area contributed by atoms with Crippen molar-refractivity contribution in [2.45, 2.75) is 4.90 Å². The molecule has 0 unspecified atom stereocenters. The Bertz CT molecular complexity index is 1220. The van der Waals surface area contributed by atoms with Gasteiger partial charge < -0.3 is 14.6 Å². The number of benzene rings is 4. The zero-order chi connectivity index (χ0) is 19.6. The summed E-state index contributed by atoms with van der Waals surface area (Å²) in [4.78, 5) is -0.0317. The topological polar surface area (TPSA) is 75.6 Å². The van der Waals surface area contributed by atoms with Crippen molar-refractivity contribution in [3.05, 3.63) is 91.0 Å². The third-order valence-corrected chi connectivity index (χ3v) is 5.49. The van der Waals surface area contributed by atoms with E-state index in [0.29, 0.717) is 5.39 Å². The average Bonchev–Trinajstić information content (AvgIpc) is 2.69. The van der Waals surface area contributed by atoms with Crippen molar-refractivity contribution in [1.82, 2.24) is 0 Å². The fourth-order valence-corrected chi connectivity index (χ4v) is 3.88. The van der Waals surface area contributed by atoms with Crippen LogP contribution in [0.3, 0.4) is 0 Å². The van der Waals surface area contributed by atoms with Crippen LogP contribution in [0, 0.1) is 0 Å². The molecule has 4 rings (SSSR count). The molecule has 0 saturated heterocycles. The molecule has 0 spiro atoms. The van der Waals surface area contributed by atoms with Gasteiger partial charge in [-0.3, -0.25) is 0 Å². The van der Waals surface area contributed by atoms with Crippen molar-refractivity contribution in [1.29, 1.82) is 0 Å². The highest BCUT2D eigenvalue weighted by Crippen LogP contribution is 2.35. The highest BCUT2D eigenvalue weighted by atomic mass is 32.2. The Balaban J connectivity index is 1.78. The van der Waals surface area contributed by atoms with E-state index in [2.05, 4.69) is 5.32 Å². The van der Waals surface area contributed by atoms with Crippen LogP contribution in [-0.2, 0) is 10.1 Å². The molecule has 4 aromatic rings. The van der Waals surface area contributed by atoms with Crippen LogP contribution in [0.25, 0.3) is 10.8 Å². The molecule has 0 saturated carbocycles. The summed E-state index contributed by atoms with van der Waals surface area (Å²) in [5.74, 6) is 0.211. The quantitative estimate of drug-likeness (QED) is 0.465. The molecule has 5 nitrogen and oxygen atoms in total. The summed E-state index contributed by atoms with van der Waals surface area (Å²) in [5.41, 5.74) is 1.62. The second kappa shape index (κ2) is 7.25. The fourth-order valence-electron chi connectivity index (χ4n) is 2.94. The Kier molecular flexibility index (Phi) is 4.63. The zero-order valence-corrected chi connectivity index (χ0v) is 15.6. The summed E-state index contributed by atoms with van der Waals surface area (Å²) in [5, 5.41) is 14.2. The van der Waals surface area contributed by atoms with E-state index in [1.165, 1.54) is 24.3 Å². The van der Waals surface area contributed by atoms with Crippen LogP contribution < -0.4 is 9.50 Å². The van der Waals surface area contributed by atoms with E-state index in [-0.39, 0.29) is 16.4 Å². The zero-order valence-electron chi connectivity index (χ0n) is 14.7. The molecule has 28 heavy (non-hydrogen) atoms.